The Labute approximate surface area is 322 Å². The second-order valence-electron chi connectivity index (χ2n) is 11.3. The number of hydrogen-bond donors (Lipinski definition) is 0. The Bertz CT molecular complexity index is 1490. The summed E-state index contributed by atoms with van der Waals surface area (Å²) in [5.41, 5.74) is 0. The SMILES string of the molecule is C1=CCC/C=C\CC1.F[B-](F)(F)F.[Rh].c1ccc(P(c2ccccc2)c2ccccc2)cc1.c1ccc(P(c2ccccc2)c2ccccc2)cc1. The van der Waals surface area contributed by atoms with Crippen molar-refractivity contribution in [2.24, 2.45) is 0 Å². The Kier molecular flexibility index (Phi) is 19.9. The third kappa shape index (κ3) is 16.2. The first-order chi connectivity index (χ1) is 24.9. The van der Waals surface area contributed by atoms with Gasteiger partial charge in [0.15, 0.2) is 0 Å². The van der Waals surface area contributed by atoms with Crippen LogP contribution in [0.3, 0.4) is 0 Å². The Morgan fingerprint density at radius 3 is 0.558 bits per heavy atom. The maximum absolute atomic E-state index is 9.75. The van der Waals surface area contributed by atoms with Crippen LogP contribution in [0.4, 0.5) is 17.3 Å². The molecule has 0 N–H and O–H groups in total. The third-order valence-electron chi connectivity index (χ3n) is 7.42. The zero-order chi connectivity index (χ0) is 36.0. The summed E-state index contributed by atoms with van der Waals surface area (Å²) in [7, 11) is -6.89. The fraction of sp³-hybridized carbons (Fsp3) is 0.0909. The van der Waals surface area contributed by atoms with Crippen molar-refractivity contribution in [3.63, 3.8) is 0 Å². The molecule has 0 heterocycles. The molecule has 1 aliphatic carbocycles. The average Bonchev–Trinajstić information content (AvgIpc) is 3.14. The summed E-state index contributed by atoms with van der Waals surface area (Å²) in [5.74, 6) is 0. The fourth-order valence-electron chi connectivity index (χ4n) is 5.21. The van der Waals surface area contributed by atoms with E-state index in [4.69, 9.17) is 0 Å². The van der Waals surface area contributed by atoms with Crippen molar-refractivity contribution >= 4 is 54.9 Å². The molecule has 8 heteroatoms. The van der Waals surface area contributed by atoms with E-state index in [0.29, 0.717) is 0 Å². The van der Waals surface area contributed by atoms with Crippen LogP contribution in [0.5, 0.6) is 0 Å². The quantitative estimate of drug-likeness (QED) is 0.0680. The molecule has 6 aromatic rings. The van der Waals surface area contributed by atoms with Crippen molar-refractivity contribution in [3.8, 4) is 0 Å². The molecule has 0 bridgehead atoms. The maximum atomic E-state index is 9.75. The Morgan fingerprint density at radius 1 is 0.288 bits per heavy atom. The van der Waals surface area contributed by atoms with Crippen molar-refractivity contribution in [2.75, 3.05) is 0 Å². The summed E-state index contributed by atoms with van der Waals surface area (Å²) in [6, 6.07) is 64.7. The monoisotopic (exact) mass is 822 g/mol. The second-order valence-corrected chi connectivity index (χ2v) is 15.7. The zero-order valence-corrected chi connectivity index (χ0v) is 32.2. The van der Waals surface area contributed by atoms with Crippen LogP contribution in [-0.2, 0) is 19.5 Å². The Morgan fingerprint density at radius 2 is 0.423 bits per heavy atom. The number of allylic oxidation sites excluding steroid dienone is 4. The molecule has 0 fully saturated rings. The summed E-state index contributed by atoms with van der Waals surface area (Å²) in [5, 5.41) is 8.39. The molecule has 1 radical (unpaired) electrons. The summed E-state index contributed by atoms with van der Waals surface area (Å²) in [4.78, 5) is 0. The van der Waals surface area contributed by atoms with Crippen LogP contribution in [0.2, 0.25) is 0 Å². The first kappa shape index (κ1) is 42.5. The minimum absolute atomic E-state index is 0. The summed E-state index contributed by atoms with van der Waals surface area (Å²) < 4.78 is 39.0. The van der Waals surface area contributed by atoms with E-state index in [-0.39, 0.29) is 19.5 Å². The van der Waals surface area contributed by atoms with Gasteiger partial charge in [-0.1, -0.05) is 206 Å². The van der Waals surface area contributed by atoms with E-state index in [2.05, 4.69) is 206 Å². The molecule has 0 aliphatic heterocycles. The third-order valence-corrected chi connectivity index (χ3v) is 12.3. The predicted molar refractivity (Wildman–Crippen MR) is 217 cm³/mol. The van der Waals surface area contributed by atoms with Crippen molar-refractivity contribution in [3.05, 3.63) is 206 Å². The standard InChI is InChI=1S/2C18H15P.C8H12.BF4.Rh/c2*1-4-10-16(11-5-1)19(17-12-6-2-7-13-17)18-14-8-3-9-15-18;1-2-4-6-8-7-5-3-1;2-1(3,4)5;/h2*1-15H;1-2,7-8H,3-6H2;;/q;;;-1;/b;;2-1-,8-7?;;. The van der Waals surface area contributed by atoms with Gasteiger partial charge in [-0.3, -0.25) is 0 Å². The van der Waals surface area contributed by atoms with Gasteiger partial charge in [-0.05, 0) is 73.4 Å². The first-order valence-electron chi connectivity index (χ1n) is 17.0. The van der Waals surface area contributed by atoms with Gasteiger partial charge in [0.05, 0.1) is 0 Å². The molecule has 7 rings (SSSR count). The number of benzene rings is 6. The van der Waals surface area contributed by atoms with Crippen LogP contribution < -0.4 is 31.8 Å². The molecule has 0 spiro atoms. The van der Waals surface area contributed by atoms with Crippen LogP contribution in [0, 0.1) is 0 Å². The van der Waals surface area contributed by atoms with Crippen LogP contribution in [0.1, 0.15) is 25.7 Å². The topological polar surface area (TPSA) is 0 Å². The van der Waals surface area contributed by atoms with Crippen molar-refractivity contribution in [1.29, 1.82) is 0 Å². The van der Waals surface area contributed by atoms with E-state index in [1.165, 1.54) is 57.5 Å². The fourth-order valence-corrected chi connectivity index (χ4v) is 9.82. The molecule has 6 aromatic carbocycles. The van der Waals surface area contributed by atoms with Crippen molar-refractivity contribution < 1.29 is 36.7 Å². The molecule has 0 nitrogen and oxygen atoms in total. The van der Waals surface area contributed by atoms with Gasteiger partial charge in [0.2, 0.25) is 0 Å². The average molecular weight is 822 g/mol. The van der Waals surface area contributed by atoms with Crippen LogP contribution >= 0.6 is 15.8 Å². The van der Waals surface area contributed by atoms with Gasteiger partial charge in [-0.2, -0.15) is 0 Å². The van der Waals surface area contributed by atoms with E-state index >= 15 is 0 Å². The molecule has 1 aliphatic rings. The molecular formula is C44H42BF4P2Rh-. The minimum Gasteiger partial charge on any atom is -0.418 e. The van der Waals surface area contributed by atoms with E-state index in [9.17, 15) is 17.3 Å². The van der Waals surface area contributed by atoms with E-state index in [0.717, 1.165) is 0 Å². The van der Waals surface area contributed by atoms with Gasteiger partial charge in [0, 0.05) is 19.5 Å². The molecule has 0 aromatic heterocycles. The summed E-state index contributed by atoms with van der Waals surface area (Å²) in [6.07, 6.45) is 14.0. The van der Waals surface area contributed by atoms with Crippen LogP contribution in [0.25, 0.3) is 0 Å². The number of rotatable bonds is 6. The zero-order valence-electron chi connectivity index (χ0n) is 28.8. The van der Waals surface area contributed by atoms with Gasteiger partial charge in [0.1, 0.15) is 0 Å². The molecule has 0 atom stereocenters. The molecule has 0 amide bonds. The predicted octanol–water partition coefficient (Wildman–Crippen LogP) is 10.9. The molecule has 0 saturated heterocycles. The minimum atomic E-state index is -6.00. The molecule has 0 saturated carbocycles. The largest absolute Gasteiger partial charge is 0.673 e. The normalized spacial score (nSPS) is 12.6. The van der Waals surface area contributed by atoms with Gasteiger partial charge >= 0.3 is 7.25 Å². The van der Waals surface area contributed by atoms with Crippen molar-refractivity contribution in [2.45, 2.75) is 25.7 Å². The van der Waals surface area contributed by atoms with Gasteiger partial charge in [-0.15, -0.1) is 0 Å². The van der Waals surface area contributed by atoms with E-state index in [1.807, 2.05) is 0 Å². The number of halogens is 4. The molecule has 52 heavy (non-hydrogen) atoms. The molecule has 269 valence electrons. The van der Waals surface area contributed by atoms with E-state index in [1.54, 1.807) is 0 Å². The van der Waals surface area contributed by atoms with Gasteiger partial charge < -0.3 is 17.3 Å². The van der Waals surface area contributed by atoms with E-state index < -0.39 is 23.1 Å². The molecular weight excluding hydrogens is 780 g/mol. The van der Waals surface area contributed by atoms with Crippen molar-refractivity contribution in [1.82, 2.24) is 0 Å². The maximum Gasteiger partial charge on any atom is 0.673 e. The summed E-state index contributed by atoms with van der Waals surface area (Å²) in [6.45, 7) is 0. The molecule has 0 unspecified atom stereocenters. The summed E-state index contributed by atoms with van der Waals surface area (Å²) >= 11 is 0. The second kappa shape index (κ2) is 24.3. The van der Waals surface area contributed by atoms with Gasteiger partial charge in [0.25, 0.3) is 0 Å². The van der Waals surface area contributed by atoms with Gasteiger partial charge in [-0.25, -0.2) is 0 Å². The number of hydrogen-bond acceptors (Lipinski definition) is 0. The van der Waals surface area contributed by atoms with Crippen LogP contribution in [-0.4, -0.2) is 7.25 Å². The van der Waals surface area contributed by atoms with Crippen LogP contribution in [0.15, 0.2) is 206 Å². The Hall–Kier alpha value is -3.93. The Balaban J connectivity index is 0.000000208. The first-order valence-corrected chi connectivity index (χ1v) is 19.7. The smallest absolute Gasteiger partial charge is 0.418 e.